The van der Waals surface area contributed by atoms with E-state index < -0.39 is 17.7 Å². The van der Waals surface area contributed by atoms with E-state index in [1.54, 1.807) is 30.9 Å². The van der Waals surface area contributed by atoms with Crippen molar-refractivity contribution in [3.63, 3.8) is 0 Å². The van der Waals surface area contributed by atoms with Crippen LogP contribution in [0.1, 0.15) is 36.6 Å². The highest BCUT2D eigenvalue weighted by Gasteiger charge is 2.17. The standard InChI is InChI=1S/C15H10O5.C10H8N2/c16-13(9-5-7-10(8-6-9)14(17)18)11-3-1-2-4-12(11)15(19)20;1-5-11-6-2-9(1)10-3-7-12-8-4-10/h1-8H,(H,17,18)(H,19,20);1-8H. The Morgan fingerprint density at radius 3 is 1.41 bits per heavy atom. The van der Waals surface area contributed by atoms with Gasteiger partial charge in [-0.3, -0.25) is 14.8 Å². The molecule has 7 nitrogen and oxygen atoms in total. The van der Waals surface area contributed by atoms with Crippen molar-refractivity contribution in [2.24, 2.45) is 0 Å². The first-order chi connectivity index (χ1) is 15.5. The van der Waals surface area contributed by atoms with Gasteiger partial charge in [-0.05, 0) is 53.6 Å². The van der Waals surface area contributed by atoms with Crippen LogP contribution in [-0.2, 0) is 0 Å². The largest absolute Gasteiger partial charge is 0.478 e. The zero-order chi connectivity index (χ0) is 22.9. The van der Waals surface area contributed by atoms with Gasteiger partial charge in [0.25, 0.3) is 0 Å². The fraction of sp³-hybridized carbons (Fsp3) is 0. The van der Waals surface area contributed by atoms with E-state index in [4.69, 9.17) is 10.2 Å². The van der Waals surface area contributed by atoms with Gasteiger partial charge in [0, 0.05) is 35.9 Å². The monoisotopic (exact) mass is 426 g/mol. The molecule has 2 aromatic carbocycles. The van der Waals surface area contributed by atoms with Crippen molar-refractivity contribution >= 4 is 17.7 Å². The quantitative estimate of drug-likeness (QED) is 0.453. The predicted molar refractivity (Wildman–Crippen MR) is 118 cm³/mol. The molecule has 32 heavy (non-hydrogen) atoms. The van der Waals surface area contributed by atoms with Gasteiger partial charge < -0.3 is 10.2 Å². The third-order valence-corrected chi connectivity index (χ3v) is 4.49. The SMILES string of the molecule is O=C(O)c1ccc(C(=O)c2ccccc2C(=O)O)cc1.c1cc(-c2ccncc2)ccn1. The van der Waals surface area contributed by atoms with Gasteiger partial charge in [0.1, 0.15) is 0 Å². The number of aromatic nitrogens is 2. The maximum atomic E-state index is 12.2. The van der Waals surface area contributed by atoms with Crippen molar-refractivity contribution in [2.75, 3.05) is 0 Å². The van der Waals surface area contributed by atoms with E-state index in [1.807, 2.05) is 24.3 Å². The van der Waals surface area contributed by atoms with Gasteiger partial charge in [-0.1, -0.05) is 30.3 Å². The van der Waals surface area contributed by atoms with Crippen LogP contribution in [-0.4, -0.2) is 37.9 Å². The first-order valence-electron chi connectivity index (χ1n) is 9.48. The molecule has 2 aromatic heterocycles. The zero-order valence-electron chi connectivity index (χ0n) is 16.8. The second kappa shape index (κ2) is 10.4. The third kappa shape index (κ3) is 5.48. The highest BCUT2D eigenvalue weighted by molar-refractivity contribution is 6.14. The van der Waals surface area contributed by atoms with Crippen molar-refractivity contribution in [3.05, 3.63) is 120 Å². The maximum Gasteiger partial charge on any atom is 0.336 e. The summed E-state index contributed by atoms with van der Waals surface area (Å²) in [6, 6.07) is 19.2. The van der Waals surface area contributed by atoms with Gasteiger partial charge in [-0.25, -0.2) is 9.59 Å². The van der Waals surface area contributed by atoms with Crippen molar-refractivity contribution in [3.8, 4) is 11.1 Å². The Bertz CT molecular complexity index is 1190. The number of hydrogen-bond donors (Lipinski definition) is 2. The van der Waals surface area contributed by atoms with Gasteiger partial charge in [0.15, 0.2) is 5.78 Å². The minimum absolute atomic E-state index is 0.0630. The lowest BCUT2D eigenvalue weighted by molar-refractivity contribution is 0.0685. The number of ketones is 1. The molecule has 0 unspecified atom stereocenters. The van der Waals surface area contributed by atoms with Gasteiger partial charge >= 0.3 is 11.9 Å². The second-order valence-corrected chi connectivity index (χ2v) is 6.53. The molecule has 0 atom stereocenters. The smallest absolute Gasteiger partial charge is 0.336 e. The van der Waals surface area contributed by atoms with Gasteiger partial charge in [0.2, 0.25) is 0 Å². The van der Waals surface area contributed by atoms with Crippen LogP contribution >= 0.6 is 0 Å². The highest BCUT2D eigenvalue weighted by atomic mass is 16.4. The molecule has 4 aromatic rings. The Balaban J connectivity index is 0.000000204. The molecule has 2 heterocycles. The zero-order valence-corrected chi connectivity index (χ0v) is 16.8. The summed E-state index contributed by atoms with van der Waals surface area (Å²) >= 11 is 0. The van der Waals surface area contributed by atoms with E-state index in [2.05, 4.69) is 9.97 Å². The molecular formula is C25H18N2O5. The summed E-state index contributed by atoms with van der Waals surface area (Å²) in [6.07, 6.45) is 7.15. The predicted octanol–water partition coefficient (Wildman–Crippen LogP) is 4.46. The minimum atomic E-state index is -1.18. The number of rotatable bonds is 5. The third-order valence-electron chi connectivity index (χ3n) is 4.49. The van der Waals surface area contributed by atoms with Crippen LogP contribution in [0, 0.1) is 0 Å². The maximum absolute atomic E-state index is 12.2. The van der Waals surface area contributed by atoms with E-state index in [0.717, 1.165) is 0 Å². The van der Waals surface area contributed by atoms with E-state index in [9.17, 15) is 14.4 Å². The fourth-order valence-corrected chi connectivity index (χ4v) is 2.88. The van der Waals surface area contributed by atoms with Crippen LogP contribution in [0.3, 0.4) is 0 Å². The van der Waals surface area contributed by atoms with Gasteiger partial charge in [-0.15, -0.1) is 0 Å². The summed E-state index contributed by atoms with van der Waals surface area (Å²) in [4.78, 5) is 42.0. The first kappa shape index (κ1) is 22.0. The molecule has 0 amide bonds. The molecule has 0 aliphatic rings. The van der Waals surface area contributed by atoms with Crippen molar-refractivity contribution in [1.82, 2.24) is 9.97 Å². The molecule has 0 saturated heterocycles. The van der Waals surface area contributed by atoms with E-state index in [-0.39, 0.29) is 22.3 Å². The number of carbonyl (C=O) groups excluding carboxylic acids is 1. The number of carboxylic acid groups (broad SMARTS) is 2. The average molecular weight is 426 g/mol. The Morgan fingerprint density at radius 1 is 0.531 bits per heavy atom. The van der Waals surface area contributed by atoms with E-state index in [1.165, 1.54) is 53.6 Å². The molecule has 7 heteroatoms. The van der Waals surface area contributed by atoms with Crippen molar-refractivity contribution in [1.29, 1.82) is 0 Å². The number of nitrogens with zero attached hydrogens (tertiary/aromatic N) is 2. The molecule has 158 valence electrons. The number of pyridine rings is 2. The van der Waals surface area contributed by atoms with Crippen LogP contribution in [0.15, 0.2) is 97.6 Å². The van der Waals surface area contributed by atoms with Gasteiger partial charge in [0.05, 0.1) is 11.1 Å². The molecule has 0 aliphatic carbocycles. The van der Waals surface area contributed by atoms with Gasteiger partial charge in [-0.2, -0.15) is 0 Å². The molecule has 0 fully saturated rings. The first-order valence-corrected chi connectivity index (χ1v) is 9.48. The summed E-state index contributed by atoms with van der Waals surface area (Å²) in [7, 11) is 0. The highest BCUT2D eigenvalue weighted by Crippen LogP contribution is 2.16. The Labute approximate surface area is 183 Å². The molecule has 2 N–H and O–H groups in total. The van der Waals surface area contributed by atoms with Crippen LogP contribution in [0.25, 0.3) is 11.1 Å². The molecule has 0 bridgehead atoms. The van der Waals surface area contributed by atoms with Crippen LogP contribution in [0.4, 0.5) is 0 Å². The molecule has 0 radical (unpaired) electrons. The summed E-state index contributed by atoms with van der Waals surface area (Å²) in [5, 5.41) is 17.8. The fourth-order valence-electron chi connectivity index (χ4n) is 2.88. The Kier molecular flexibility index (Phi) is 7.16. The number of benzene rings is 2. The number of hydrogen-bond acceptors (Lipinski definition) is 5. The van der Waals surface area contributed by atoms with Crippen molar-refractivity contribution < 1.29 is 24.6 Å². The Hall–Kier alpha value is -4.65. The lowest BCUT2D eigenvalue weighted by Crippen LogP contribution is -2.09. The minimum Gasteiger partial charge on any atom is -0.478 e. The summed E-state index contributed by atoms with van der Waals surface area (Å²) in [5.41, 5.74) is 2.64. The second-order valence-electron chi connectivity index (χ2n) is 6.53. The molecule has 0 spiro atoms. The normalized spacial score (nSPS) is 9.88. The number of carbonyl (C=O) groups is 3. The molecular weight excluding hydrogens is 408 g/mol. The van der Waals surface area contributed by atoms with Crippen molar-refractivity contribution in [2.45, 2.75) is 0 Å². The average Bonchev–Trinajstić information content (AvgIpc) is 2.85. The summed E-state index contributed by atoms with van der Waals surface area (Å²) in [6.45, 7) is 0. The van der Waals surface area contributed by atoms with Crippen LogP contribution < -0.4 is 0 Å². The molecule has 0 saturated carbocycles. The summed E-state index contributed by atoms with van der Waals surface area (Å²) < 4.78 is 0. The van der Waals surface area contributed by atoms with Crippen LogP contribution in [0.5, 0.6) is 0 Å². The van der Waals surface area contributed by atoms with Crippen LogP contribution in [0.2, 0.25) is 0 Å². The summed E-state index contributed by atoms with van der Waals surface area (Å²) in [5.74, 6) is -2.73. The molecule has 4 rings (SSSR count). The van der Waals surface area contributed by atoms with E-state index >= 15 is 0 Å². The van der Waals surface area contributed by atoms with E-state index in [0.29, 0.717) is 0 Å². The number of carboxylic acids is 2. The lowest BCUT2D eigenvalue weighted by atomic mass is 9.98. The molecule has 0 aliphatic heterocycles. The Morgan fingerprint density at radius 2 is 0.969 bits per heavy atom. The number of aromatic carboxylic acids is 2. The topological polar surface area (TPSA) is 117 Å². The lowest BCUT2D eigenvalue weighted by Gasteiger charge is -2.05.